The summed E-state index contributed by atoms with van der Waals surface area (Å²) in [5, 5.41) is 11.5. The number of fused-ring (bicyclic) bond motifs is 1. The molecule has 7 nitrogen and oxygen atoms in total. The first-order valence-corrected chi connectivity index (χ1v) is 15.7. The number of ether oxygens (including phenoxy) is 2. The largest absolute Gasteiger partial charge is 0.504 e. The van der Waals surface area contributed by atoms with Gasteiger partial charge >= 0.3 is 0 Å². The van der Waals surface area contributed by atoms with Crippen LogP contribution in [0.5, 0.6) is 11.5 Å². The zero-order valence-corrected chi connectivity index (χ0v) is 24.8. The van der Waals surface area contributed by atoms with Crippen molar-refractivity contribution >= 4 is 11.7 Å². The molecule has 0 radical (unpaired) electrons. The predicted molar refractivity (Wildman–Crippen MR) is 164 cm³/mol. The third-order valence-electron chi connectivity index (χ3n) is 8.89. The van der Waals surface area contributed by atoms with E-state index in [4.69, 9.17) is 20.9 Å². The van der Waals surface area contributed by atoms with Crippen molar-refractivity contribution in [3.63, 3.8) is 0 Å². The van der Waals surface area contributed by atoms with Gasteiger partial charge in [0, 0.05) is 37.7 Å². The summed E-state index contributed by atoms with van der Waals surface area (Å²) < 4.78 is 11.9. The molecule has 0 aliphatic heterocycles. The van der Waals surface area contributed by atoms with E-state index in [0.29, 0.717) is 38.0 Å². The Hall–Kier alpha value is -2.98. The van der Waals surface area contributed by atoms with Crippen LogP contribution in [0.3, 0.4) is 0 Å². The fourth-order valence-corrected chi connectivity index (χ4v) is 6.65. The van der Waals surface area contributed by atoms with Gasteiger partial charge in [0.25, 0.3) is 0 Å². The van der Waals surface area contributed by atoms with Crippen LogP contribution in [0.2, 0.25) is 0 Å². The topological polar surface area (TPSA) is 120 Å². The number of phenols is 1. The average molecular weight is 564 g/mol. The Labute approximate surface area is 246 Å². The number of hydrogen-bond acceptors (Lipinski definition) is 5. The lowest BCUT2D eigenvalue weighted by Crippen LogP contribution is -2.26. The number of hydrogen-bond donors (Lipinski definition) is 3. The number of ketones is 1. The van der Waals surface area contributed by atoms with E-state index in [1.54, 1.807) is 13.2 Å². The van der Waals surface area contributed by atoms with Gasteiger partial charge in [0.1, 0.15) is 0 Å². The molecule has 0 heterocycles. The highest BCUT2D eigenvalue weighted by Gasteiger charge is 2.26. The molecule has 7 heteroatoms. The van der Waals surface area contributed by atoms with Crippen LogP contribution < -0.4 is 16.2 Å². The molecule has 4 rings (SSSR count). The second-order valence-corrected chi connectivity index (χ2v) is 12.2. The highest BCUT2D eigenvalue weighted by Crippen LogP contribution is 2.40. The standard InChI is InChI=1S/C34H49N3O4/c1-40-23-25-17-19-27(37-34(35)36)12-8-16-30-26(18-20-28(38)13-5-4-11-24-9-2-3-10-24)22-32(33(39)31(30)21-25)41-29-14-6-7-15-29/h5,13,22,24-25,27,29,39H,2-4,6-7,9-12,14-15,17-21,23H2,1H3,(H4,35,36,37). The molecule has 1 aromatic rings. The van der Waals surface area contributed by atoms with E-state index in [1.165, 1.54) is 32.1 Å². The van der Waals surface area contributed by atoms with Gasteiger partial charge in [-0.3, -0.25) is 4.79 Å². The summed E-state index contributed by atoms with van der Waals surface area (Å²) in [5.41, 5.74) is 13.9. The number of nitrogens with zero attached hydrogens (tertiary/aromatic N) is 1. The lowest BCUT2D eigenvalue weighted by atomic mass is 9.86. The molecule has 3 aliphatic rings. The number of aryl methyl sites for hydroxylation is 1. The van der Waals surface area contributed by atoms with Crippen LogP contribution in [0.25, 0.3) is 0 Å². The summed E-state index contributed by atoms with van der Waals surface area (Å²) >= 11 is 0. The molecule has 0 saturated heterocycles. The van der Waals surface area contributed by atoms with Crippen LogP contribution in [-0.2, 0) is 22.4 Å². The van der Waals surface area contributed by atoms with Crippen LogP contribution in [0, 0.1) is 23.7 Å². The van der Waals surface area contributed by atoms with Crippen LogP contribution in [-0.4, -0.2) is 42.7 Å². The summed E-state index contributed by atoms with van der Waals surface area (Å²) in [6.45, 7) is 0.550. The number of aliphatic imine (C=N–C) groups is 1. The van der Waals surface area contributed by atoms with E-state index in [1.807, 2.05) is 12.1 Å². The van der Waals surface area contributed by atoms with E-state index >= 15 is 0 Å². The zero-order valence-electron chi connectivity index (χ0n) is 24.8. The van der Waals surface area contributed by atoms with E-state index < -0.39 is 0 Å². The van der Waals surface area contributed by atoms with Gasteiger partial charge in [-0.15, -0.1) is 0 Å². The van der Waals surface area contributed by atoms with Gasteiger partial charge in [-0.2, -0.15) is 0 Å². The summed E-state index contributed by atoms with van der Waals surface area (Å²) in [5.74, 6) is 8.48. The first-order valence-electron chi connectivity index (χ1n) is 15.7. The van der Waals surface area contributed by atoms with Crippen molar-refractivity contribution in [3.05, 3.63) is 34.9 Å². The van der Waals surface area contributed by atoms with Crippen molar-refractivity contribution in [1.29, 1.82) is 0 Å². The van der Waals surface area contributed by atoms with Gasteiger partial charge in [-0.25, -0.2) is 4.99 Å². The number of carbonyl (C=O) groups is 1. The molecule has 0 amide bonds. The van der Waals surface area contributed by atoms with E-state index in [-0.39, 0.29) is 35.6 Å². The van der Waals surface area contributed by atoms with Crippen LogP contribution in [0.4, 0.5) is 0 Å². The second-order valence-electron chi connectivity index (χ2n) is 12.2. The SMILES string of the molecule is COCC1CCC(N=C(N)N)CC#Cc2c(CCC(=O)C=CCCC3CCCC3)cc(OC3CCCC3)c(O)c2C1. The lowest BCUT2D eigenvalue weighted by molar-refractivity contribution is -0.114. The van der Waals surface area contributed by atoms with Gasteiger partial charge < -0.3 is 26.0 Å². The van der Waals surface area contributed by atoms with Crippen molar-refractivity contribution < 1.29 is 19.4 Å². The highest BCUT2D eigenvalue weighted by atomic mass is 16.5. The van der Waals surface area contributed by atoms with Crippen molar-refractivity contribution in [2.75, 3.05) is 13.7 Å². The first kappa shape index (κ1) is 31.0. The summed E-state index contributed by atoms with van der Waals surface area (Å²) in [7, 11) is 1.70. The van der Waals surface area contributed by atoms with Crippen LogP contribution in [0.15, 0.2) is 23.2 Å². The van der Waals surface area contributed by atoms with Gasteiger partial charge in [-0.05, 0) is 93.7 Å². The number of allylic oxidation sites excluding steroid dienone is 2. The Morgan fingerprint density at radius 3 is 2.59 bits per heavy atom. The molecule has 3 aliphatic carbocycles. The van der Waals surface area contributed by atoms with Gasteiger partial charge in [-0.1, -0.05) is 43.6 Å². The molecular formula is C34H49N3O4. The second kappa shape index (κ2) is 15.9. The molecule has 0 spiro atoms. The van der Waals surface area contributed by atoms with Gasteiger partial charge in [0.2, 0.25) is 0 Å². The van der Waals surface area contributed by atoms with E-state index in [2.05, 4.69) is 16.8 Å². The third-order valence-corrected chi connectivity index (χ3v) is 8.89. The summed E-state index contributed by atoms with van der Waals surface area (Å²) in [6, 6.07) is 1.83. The smallest absolute Gasteiger partial charge is 0.186 e. The fourth-order valence-electron chi connectivity index (χ4n) is 6.65. The number of phenolic OH excluding ortho intramolecular Hbond substituents is 1. The number of aromatic hydroxyl groups is 1. The minimum absolute atomic E-state index is 0.0689. The number of carbonyl (C=O) groups excluding carboxylic acids is 1. The normalized spacial score (nSPS) is 21.8. The van der Waals surface area contributed by atoms with Crippen molar-refractivity contribution in [1.82, 2.24) is 0 Å². The summed E-state index contributed by atoms with van der Waals surface area (Å²) in [4.78, 5) is 17.3. The number of nitrogens with two attached hydrogens (primary N) is 2. The zero-order chi connectivity index (χ0) is 29.0. The maximum Gasteiger partial charge on any atom is 0.186 e. The quantitative estimate of drug-likeness (QED) is 0.129. The minimum atomic E-state index is -0.0913. The van der Waals surface area contributed by atoms with Gasteiger partial charge in [0.15, 0.2) is 23.2 Å². The Kier molecular flexibility index (Phi) is 12.0. The average Bonchev–Trinajstić information content (AvgIpc) is 3.66. The summed E-state index contributed by atoms with van der Waals surface area (Å²) in [6.07, 6.45) is 19.3. The third kappa shape index (κ3) is 9.53. The molecule has 0 aromatic heterocycles. The molecule has 2 saturated carbocycles. The molecule has 2 unspecified atom stereocenters. The molecular weight excluding hydrogens is 514 g/mol. The fraction of sp³-hybridized carbons (Fsp3) is 0.647. The van der Waals surface area contributed by atoms with Crippen molar-refractivity contribution in [3.8, 4) is 23.3 Å². The van der Waals surface area contributed by atoms with Crippen molar-refractivity contribution in [2.24, 2.45) is 28.3 Å². The maximum atomic E-state index is 12.9. The maximum absolute atomic E-state index is 12.9. The Bertz CT molecular complexity index is 1130. The minimum Gasteiger partial charge on any atom is -0.504 e. The Balaban J connectivity index is 1.59. The number of benzene rings is 1. The predicted octanol–water partition coefficient (Wildman–Crippen LogP) is 5.72. The number of guanidine groups is 1. The molecule has 1 aromatic carbocycles. The van der Waals surface area contributed by atoms with Crippen molar-refractivity contribution in [2.45, 2.75) is 115 Å². The van der Waals surface area contributed by atoms with Gasteiger partial charge in [0.05, 0.1) is 12.1 Å². The molecule has 2 atom stereocenters. The Morgan fingerprint density at radius 2 is 1.85 bits per heavy atom. The monoisotopic (exact) mass is 563 g/mol. The molecule has 5 N–H and O–H groups in total. The Morgan fingerprint density at radius 1 is 1.10 bits per heavy atom. The molecule has 0 bridgehead atoms. The number of methoxy groups -OCH3 is 1. The number of rotatable bonds is 12. The lowest BCUT2D eigenvalue weighted by Gasteiger charge is -2.24. The molecule has 41 heavy (non-hydrogen) atoms. The van der Waals surface area contributed by atoms with E-state index in [0.717, 1.165) is 67.6 Å². The van der Waals surface area contributed by atoms with Crippen LogP contribution >= 0.6 is 0 Å². The highest BCUT2D eigenvalue weighted by molar-refractivity contribution is 5.89. The van der Waals surface area contributed by atoms with E-state index in [9.17, 15) is 9.90 Å². The first-order chi connectivity index (χ1) is 19.9. The molecule has 224 valence electrons. The van der Waals surface area contributed by atoms with Crippen LogP contribution in [0.1, 0.15) is 107 Å². The molecule has 2 fully saturated rings.